The quantitative estimate of drug-likeness (QED) is 0.746. The van der Waals surface area contributed by atoms with Gasteiger partial charge in [0.05, 0.1) is 0 Å². The summed E-state index contributed by atoms with van der Waals surface area (Å²) in [6, 6.07) is 7.72. The van der Waals surface area contributed by atoms with E-state index in [-0.39, 0.29) is 5.82 Å². The largest absolute Gasteiger partial charge is 0.297 e. The summed E-state index contributed by atoms with van der Waals surface area (Å²) in [6.45, 7) is 2.45. The van der Waals surface area contributed by atoms with Gasteiger partial charge in [0, 0.05) is 6.04 Å². The lowest BCUT2D eigenvalue weighted by Gasteiger charge is -2.37. The van der Waals surface area contributed by atoms with E-state index in [1.54, 1.807) is 12.1 Å². The van der Waals surface area contributed by atoms with E-state index in [1.165, 1.54) is 50.8 Å². The zero-order valence-corrected chi connectivity index (χ0v) is 12.1. The number of hydrogen-bond acceptors (Lipinski definition) is 1. The Kier molecular flexibility index (Phi) is 4.51. The highest BCUT2D eigenvalue weighted by molar-refractivity contribution is 5.16. The number of nitrogens with zero attached hydrogens (tertiary/aromatic N) is 1. The van der Waals surface area contributed by atoms with E-state index >= 15 is 0 Å². The van der Waals surface area contributed by atoms with Crippen LogP contribution < -0.4 is 0 Å². The van der Waals surface area contributed by atoms with E-state index in [0.29, 0.717) is 6.04 Å². The van der Waals surface area contributed by atoms with Crippen molar-refractivity contribution in [3.63, 3.8) is 0 Å². The van der Waals surface area contributed by atoms with Crippen molar-refractivity contribution in [2.24, 2.45) is 5.92 Å². The number of halogens is 1. The van der Waals surface area contributed by atoms with E-state index in [4.69, 9.17) is 0 Å². The Morgan fingerprint density at radius 1 is 1.05 bits per heavy atom. The maximum Gasteiger partial charge on any atom is 0.123 e. The number of piperidine rings is 1. The second kappa shape index (κ2) is 6.53. The molecule has 1 atom stereocenters. The van der Waals surface area contributed by atoms with Gasteiger partial charge in [-0.15, -0.1) is 0 Å². The van der Waals surface area contributed by atoms with Crippen LogP contribution >= 0.6 is 0 Å². The van der Waals surface area contributed by atoms with Gasteiger partial charge in [-0.1, -0.05) is 24.3 Å². The number of benzene rings is 1. The van der Waals surface area contributed by atoms with Crippen LogP contribution in [0.2, 0.25) is 0 Å². The third-order valence-corrected chi connectivity index (χ3v) is 4.78. The number of rotatable bonds is 3. The molecule has 2 heteroatoms. The van der Waals surface area contributed by atoms with Crippen LogP contribution in [0.3, 0.4) is 0 Å². The van der Waals surface area contributed by atoms with E-state index in [2.05, 4.69) is 17.1 Å². The van der Waals surface area contributed by atoms with Crippen molar-refractivity contribution in [1.29, 1.82) is 0 Å². The Morgan fingerprint density at radius 2 is 1.80 bits per heavy atom. The second-order valence-electron chi connectivity index (χ2n) is 6.24. The Labute approximate surface area is 121 Å². The molecule has 0 N–H and O–H groups in total. The summed E-state index contributed by atoms with van der Waals surface area (Å²) in [7, 11) is 0. The fourth-order valence-electron chi connectivity index (χ4n) is 3.54. The standard InChI is InChI=1S/C18H24FN/c19-17-8-6-15(7-9-17)14-16-10-12-20(13-11-16)18-4-2-1-3-5-18/h2,4,6-9,16,18H,1,3,5,10-14H2. The van der Waals surface area contributed by atoms with Gasteiger partial charge >= 0.3 is 0 Å². The Bertz CT molecular complexity index is 443. The lowest BCUT2D eigenvalue weighted by atomic mass is 9.88. The van der Waals surface area contributed by atoms with Crippen LogP contribution in [-0.2, 0) is 6.42 Å². The van der Waals surface area contributed by atoms with Gasteiger partial charge in [-0.25, -0.2) is 4.39 Å². The summed E-state index contributed by atoms with van der Waals surface area (Å²) in [4.78, 5) is 2.65. The van der Waals surface area contributed by atoms with Crippen molar-refractivity contribution < 1.29 is 4.39 Å². The summed E-state index contributed by atoms with van der Waals surface area (Å²) in [5, 5.41) is 0. The van der Waals surface area contributed by atoms with Crippen LogP contribution in [0.15, 0.2) is 36.4 Å². The van der Waals surface area contributed by atoms with Gasteiger partial charge in [-0.2, -0.15) is 0 Å². The minimum Gasteiger partial charge on any atom is -0.297 e. The van der Waals surface area contributed by atoms with Crippen molar-refractivity contribution in [3.05, 3.63) is 47.8 Å². The molecule has 108 valence electrons. The maximum atomic E-state index is 12.9. The number of hydrogen-bond donors (Lipinski definition) is 0. The molecule has 1 aromatic rings. The van der Waals surface area contributed by atoms with E-state index in [0.717, 1.165) is 12.3 Å². The summed E-state index contributed by atoms with van der Waals surface area (Å²) in [5.74, 6) is 0.636. The zero-order chi connectivity index (χ0) is 13.8. The van der Waals surface area contributed by atoms with Crippen LogP contribution in [0.5, 0.6) is 0 Å². The fourth-order valence-corrected chi connectivity index (χ4v) is 3.54. The minimum atomic E-state index is -0.132. The molecule has 1 heterocycles. The van der Waals surface area contributed by atoms with Crippen LogP contribution in [0.4, 0.5) is 4.39 Å². The summed E-state index contributed by atoms with van der Waals surface area (Å²) < 4.78 is 12.9. The van der Waals surface area contributed by atoms with Crippen LogP contribution in [-0.4, -0.2) is 24.0 Å². The molecule has 0 amide bonds. The van der Waals surface area contributed by atoms with Gasteiger partial charge in [0.15, 0.2) is 0 Å². The van der Waals surface area contributed by atoms with Gasteiger partial charge in [0.25, 0.3) is 0 Å². The Hall–Kier alpha value is -1.15. The predicted octanol–water partition coefficient (Wildman–Crippen LogP) is 4.19. The molecule has 0 aromatic heterocycles. The zero-order valence-electron chi connectivity index (χ0n) is 12.1. The topological polar surface area (TPSA) is 3.24 Å². The summed E-state index contributed by atoms with van der Waals surface area (Å²) in [5.41, 5.74) is 1.28. The third-order valence-electron chi connectivity index (χ3n) is 4.78. The molecule has 20 heavy (non-hydrogen) atoms. The highest BCUT2D eigenvalue weighted by atomic mass is 19.1. The highest BCUT2D eigenvalue weighted by Gasteiger charge is 2.24. The molecular formula is C18H24FN. The first-order chi connectivity index (χ1) is 9.81. The fraction of sp³-hybridized carbons (Fsp3) is 0.556. The molecule has 1 aliphatic heterocycles. The van der Waals surface area contributed by atoms with E-state index in [9.17, 15) is 4.39 Å². The van der Waals surface area contributed by atoms with Crippen molar-refractivity contribution in [2.75, 3.05) is 13.1 Å². The summed E-state index contributed by atoms with van der Waals surface area (Å²) >= 11 is 0. The molecule has 1 fully saturated rings. The smallest absolute Gasteiger partial charge is 0.123 e. The Balaban J connectivity index is 1.49. The average molecular weight is 273 g/mol. The third kappa shape index (κ3) is 3.49. The SMILES string of the molecule is Fc1ccc(CC2CCN(C3C=CCCC3)CC2)cc1. The van der Waals surface area contributed by atoms with E-state index < -0.39 is 0 Å². The van der Waals surface area contributed by atoms with Gasteiger partial charge in [0.2, 0.25) is 0 Å². The first kappa shape index (κ1) is 13.8. The molecule has 0 saturated carbocycles. The molecule has 1 aromatic carbocycles. The maximum absolute atomic E-state index is 12.9. The normalized spacial score (nSPS) is 24.9. The molecule has 2 aliphatic rings. The van der Waals surface area contributed by atoms with E-state index in [1.807, 2.05) is 12.1 Å². The second-order valence-corrected chi connectivity index (χ2v) is 6.24. The van der Waals surface area contributed by atoms with Crippen LogP contribution in [0, 0.1) is 11.7 Å². The van der Waals surface area contributed by atoms with Gasteiger partial charge in [-0.05, 0) is 75.2 Å². The molecule has 3 rings (SSSR count). The molecular weight excluding hydrogens is 249 g/mol. The lowest BCUT2D eigenvalue weighted by molar-refractivity contribution is 0.145. The average Bonchev–Trinajstić information content (AvgIpc) is 2.51. The molecule has 0 radical (unpaired) electrons. The molecule has 1 saturated heterocycles. The van der Waals surface area contributed by atoms with Crippen molar-refractivity contribution in [3.8, 4) is 0 Å². The van der Waals surface area contributed by atoms with Gasteiger partial charge in [0.1, 0.15) is 5.82 Å². The van der Waals surface area contributed by atoms with Gasteiger partial charge < -0.3 is 0 Å². The number of likely N-dealkylation sites (tertiary alicyclic amines) is 1. The van der Waals surface area contributed by atoms with Gasteiger partial charge in [-0.3, -0.25) is 4.90 Å². The first-order valence-corrected chi connectivity index (χ1v) is 7.96. The lowest BCUT2D eigenvalue weighted by Crippen LogP contribution is -2.41. The first-order valence-electron chi connectivity index (χ1n) is 7.96. The van der Waals surface area contributed by atoms with Crippen molar-refractivity contribution in [1.82, 2.24) is 4.90 Å². The number of allylic oxidation sites excluding steroid dienone is 1. The predicted molar refractivity (Wildman–Crippen MR) is 81.2 cm³/mol. The highest BCUT2D eigenvalue weighted by Crippen LogP contribution is 2.26. The van der Waals surface area contributed by atoms with Crippen LogP contribution in [0.25, 0.3) is 0 Å². The molecule has 1 aliphatic carbocycles. The Morgan fingerprint density at radius 3 is 2.45 bits per heavy atom. The molecule has 1 nitrogen and oxygen atoms in total. The monoisotopic (exact) mass is 273 g/mol. The molecule has 0 bridgehead atoms. The van der Waals surface area contributed by atoms with Crippen molar-refractivity contribution in [2.45, 2.75) is 44.6 Å². The minimum absolute atomic E-state index is 0.132. The molecule has 1 unspecified atom stereocenters. The van der Waals surface area contributed by atoms with Crippen molar-refractivity contribution >= 4 is 0 Å². The summed E-state index contributed by atoms with van der Waals surface area (Å²) in [6.07, 6.45) is 12.4. The van der Waals surface area contributed by atoms with Crippen LogP contribution in [0.1, 0.15) is 37.7 Å². The molecule has 0 spiro atoms.